The summed E-state index contributed by atoms with van der Waals surface area (Å²) >= 11 is 3.18. The molecule has 1 aromatic rings. The molecular weight excluding hydrogens is 287 g/mol. The lowest BCUT2D eigenvalue weighted by Crippen LogP contribution is -2.47. The quantitative estimate of drug-likeness (QED) is 0.930. The fourth-order valence-electron chi connectivity index (χ4n) is 1.13. The highest BCUT2D eigenvalue weighted by atomic mass is 79.9. The van der Waals surface area contributed by atoms with Crippen LogP contribution in [0.1, 0.15) is 6.92 Å². The number of ether oxygens (including phenoxy) is 1. The molecular formula is C10H11BrF3NO. The Morgan fingerprint density at radius 1 is 1.25 bits per heavy atom. The maximum atomic E-state index is 12.5. The molecule has 2 atom stereocenters. The van der Waals surface area contributed by atoms with Crippen molar-refractivity contribution in [3.63, 3.8) is 0 Å². The van der Waals surface area contributed by atoms with E-state index in [-0.39, 0.29) is 5.75 Å². The predicted octanol–water partition coefficient (Wildman–Crippen LogP) is 3.11. The predicted molar refractivity (Wildman–Crippen MR) is 58.3 cm³/mol. The summed E-state index contributed by atoms with van der Waals surface area (Å²) in [5, 5.41) is 0. The second-order valence-electron chi connectivity index (χ2n) is 3.39. The van der Waals surface area contributed by atoms with E-state index < -0.39 is 18.3 Å². The second-order valence-corrected chi connectivity index (χ2v) is 4.31. The average Bonchev–Trinajstić information content (AvgIpc) is 2.14. The maximum absolute atomic E-state index is 12.5. The van der Waals surface area contributed by atoms with Crippen LogP contribution < -0.4 is 10.5 Å². The van der Waals surface area contributed by atoms with Crippen molar-refractivity contribution in [3.05, 3.63) is 28.7 Å². The van der Waals surface area contributed by atoms with Gasteiger partial charge in [-0.25, -0.2) is 0 Å². The van der Waals surface area contributed by atoms with Crippen LogP contribution in [0.5, 0.6) is 5.75 Å². The molecule has 90 valence electrons. The van der Waals surface area contributed by atoms with Gasteiger partial charge in [0.1, 0.15) is 5.75 Å². The molecule has 0 saturated heterocycles. The summed E-state index contributed by atoms with van der Waals surface area (Å²) in [7, 11) is 0. The number of hydrogen-bond donors (Lipinski definition) is 1. The van der Waals surface area contributed by atoms with Gasteiger partial charge in [-0.2, -0.15) is 13.2 Å². The van der Waals surface area contributed by atoms with Crippen molar-refractivity contribution < 1.29 is 17.9 Å². The molecule has 6 heteroatoms. The lowest BCUT2D eigenvalue weighted by molar-refractivity contribution is -0.199. The fraction of sp³-hybridized carbons (Fsp3) is 0.400. The smallest absolute Gasteiger partial charge is 0.426 e. The maximum Gasteiger partial charge on any atom is 0.426 e. The Hall–Kier alpha value is -0.750. The Morgan fingerprint density at radius 3 is 2.12 bits per heavy atom. The molecule has 0 aliphatic carbocycles. The van der Waals surface area contributed by atoms with Gasteiger partial charge in [-0.3, -0.25) is 0 Å². The Bertz CT molecular complexity index is 337. The molecule has 1 rings (SSSR count). The highest BCUT2D eigenvalue weighted by Gasteiger charge is 2.44. The monoisotopic (exact) mass is 297 g/mol. The van der Waals surface area contributed by atoms with Gasteiger partial charge >= 0.3 is 6.18 Å². The van der Waals surface area contributed by atoms with E-state index in [9.17, 15) is 13.2 Å². The molecule has 1 aromatic carbocycles. The summed E-state index contributed by atoms with van der Waals surface area (Å²) in [6.45, 7) is 1.26. The van der Waals surface area contributed by atoms with E-state index >= 15 is 0 Å². The number of alkyl halides is 3. The zero-order valence-electron chi connectivity index (χ0n) is 8.46. The van der Waals surface area contributed by atoms with Gasteiger partial charge in [0, 0.05) is 10.5 Å². The van der Waals surface area contributed by atoms with Crippen LogP contribution in [-0.4, -0.2) is 18.3 Å². The van der Waals surface area contributed by atoms with Gasteiger partial charge in [0.05, 0.1) is 0 Å². The molecule has 0 fully saturated rings. The molecule has 0 bridgehead atoms. The van der Waals surface area contributed by atoms with Crippen LogP contribution >= 0.6 is 15.9 Å². The van der Waals surface area contributed by atoms with Gasteiger partial charge in [0.2, 0.25) is 6.10 Å². The number of halogens is 4. The third-order valence-corrected chi connectivity index (χ3v) is 2.41. The zero-order valence-corrected chi connectivity index (χ0v) is 10.0. The molecule has 16 heavy (non-hydrogen) atoms. The molecule has 0 spiro atoms. The summed E-state index contributed by atoms with van der Waals surface area (Å²) in [5.74, 6) is 0.142. The molecule has 2 nitrogen and oxygen atoms in total. The Labute approximate surface area is 99.7 Å². The van der Waals surface area contributed by atoms with Crippen LogP contribution in [0.15, 0.2) is 28.7 Å². The largest absolute Gasteiger partial charge is 0.479 e. The molecule has 0 aromatic heterocycles. The van der Waals surface area contributed by atoms with Crippen LogP contribution in [0.25, 0.3) is 0 Å². The molecule has 0 aliphatic heterocycles. The number of hydrogen-bond acceptors (Lipinski definition) is 2. The Morgan fingerprint density at radius 2 is 1.75 bits per heavy atom. The molecule has 2 unspecified atom stereocenters. The topological polar surface area (TPSA) is 35.2 Å². The van der Waals surface area contributed by atoms with Gasteiger partial charge in [-0.15, -0.1) is 0 Å². The van der Waals surface area contributed by atoms with E-state index in [1.807, 2.05) is 0 Å². The molecule has 0 amide bonds. The minimum Gasteiger partial charge on any atom is -0.479 e. The highest BCUT2D eigenvalue weighted by molar-refractivity contribution is 9.10. The van der Waals surface area contributed by atoms with E-state index in [0.717, 1.165) is 4.47 Å². The second kappa shape index (κ2) is 5.05. The summed E-state index contributed by atoms with van der Waals surface area (Å²) in [4.78, 5) is 0. The van der Waals surface area contributed by atoms with Crippen LogP contribution in [-0.2, 0) is 0 Å². The number of nitrogens with two attached hydrogens (primary N) is 1. The first-order chi connectivity index (χ1) is 7.30. The number of rotatable bonds is 3. The van der Waals surface area contributed by atoms with Gasteiger partial charge in [-0.05, 0) is 31.2 Å². The Kier molecular flexibility index (Phi) is 4.21. The van der Waals surface area contributed by atoms with Crippen molar-refractivity contribution in [3.8, 4) is 5.75 Å². The third kappa shape index (κ3) is 3.68. The van der Waals surface area contributed by atoms with Gasteiger partial charge < -0.3 is 10.5 Å². The first kappa shape index (κ1) is 13.3. The van der Waals surface area contributed by atoms with E-state index in [1.165, 1.54) is 19.1 Å². The number of benzene rings is 1. The third-order valence-electron chi connectivity index (χ3n) is 1.88. The zero-order chi connectivity index (χ0) is 12.3. The van der Waals surface area contributed by atoms with E-state index in [0.29, 0.717) is 0 Å². The standard InChI is InChI=1S/C10H11BrF3NO/c1-6(15)9(10(12,13)14)16-8-4-2-7(11)3-5-8/h2-6,9H,15H2,1H3. The van der Waals surface area contributed by atoms with Crippen LogP contribution in [0.2, 0.25) is 0 Å². The van der Waals surface area contributed by atoms with Gasteiger partial charge in [0.15, 0.2) is 0 Å². The van der Waals surface area contributed by atoms with Crippen LogP contribution in [0.3, 0.4) is 0 Å². The van der Waals surface area contributed by atoms with E-state index in [1.54, 1.807) is 12.1 Å². The minimum atomic E-state index is -4.47. The lowest BCUT2D eigenvalue weighted by atomic mass is 10.2. The van der Waals surface area contributed by atoms with Crippen molar-refractivity contribution in [2.24, 2.45) is 5.73 Å². The van der Waals surface area contributed by atoms with Gasteiger partial charge in [-0.1, -0.05) is 15.9 Å². The fourth-order valence-corrected chi connectivity index (χ4v) is 1.40. The molecule has 0 saturated carbocycles. The lowest BCUT2D eigenvalue weighted by Gasteiger charge is -2.24. The molecule has 0 aliphatic rings. The van der Waals surface area contributed by atoms with Crippen LogP contribution in [0, 0.1) is 0 Å². The summed E-state index contributed by atoms with van der Waals surface area (Å²) in [5.41, 5.74) is 5.25. The average molecular weight is 298 g/mol. The first-order valence-electron chi connectivity index (χ1n) is 4.55. The summed E-state index contributed by atoms with van der Waals surface area (Å²) in [6.07, 6.45) is -6.46. The molecule has 2 N–H and O–H groups in total. The first-order valence-corrected chi connectivity index (χ1v) is 5.34. The van der Waals surface area contributed by atoms with Crippen molar-refractivity contribution >= 4 is 15.9 Å². The van der Waals surface area contributed by atoms with E-state index in [2.05, 4.69) is 15.9 Å². The summed E-state index contributed by atoms with van der Waals surface area (Å²) in [6, 6.07) is 4.98. The minimum absolute atomic E-state index is 0.142. The Balaban J connectivity index is 2.80. The summed E-state index contributed by atoms with van der Waals surface area (Å²) < 4.78 is 43.2. The van der Waals surface area contributed by atoms with Gasteiger partial charge in [0.25, 0.3) is 0 Å². The molecule has 0 radical (unpaired) electrons. The molecule has 0 heterocycles. The normalized spacial score (nSPS) is 15.6. The van der Waals surface area contributed by atoms with Crippen molar-refractivity contribution in [1.29, 1.82) is 0 Å². The van der Waals surface area contributed by atoms with Crippen molar-refractivity contribution in [2.75, 3.05) is 0 Å². The van der Waals surface area contributed by atoms with Crippen molar-refractivity contribution in [2.45, 2.75) is 25.2 Å². The SMILES string of the molecule is CC(N)C(Oc1ccc(Br)cc1)C(F)(F)F. The highest BCUT2D eigenvalue weighted by Crippen LogP contribution is 2.27. The van der Waals surface area contributed by atoms with Crippen molar-refractivity contribution in [1.82, 2.24) is 0 Å². The van der Waals surface area contributed by atoms with Crippen LogP contribution in [0.4, 0.5) is 13.2 Å². The van der Waals surface area contributed by atoms with E-state index in [4.69, 9.17) is 10.5 Å².